The quantitative estimate of drug-likeness (QED) is 0.277. The lowest BCUT2D eigenvalue weighted by atomic mass is 10.0. The molecule has 0 bridgehead atoms. The van der Waals surface area contributed by atoms with Crippen LogP contribution in [0.5, 0.6) is 0 Å². The fourth-order valence-corrected chi connectivity index (χ4v) is 7.28. The lowest BCUT2D eigenvalue weighted by molar-refractivity contribution is -0.133. The summed E-state index contributed by atoms with van der Waals surface area (Å²) >= 11 is 2.08. The number of nitrogens with two attached hydrogens (primary N) is 1. The summed E-state index contributed by atoms with van der Waals surface area (Å²) in [7, 11) is -3.53. The molecular weight excluding hydrogens is 505 g/mol. The molecule has 2 aliphatic heterocycles. The average Bonchev–Trinajstić information content (AvgIpc) is 3.27. The summed E-state index contributed by atoms with van der Waals surface area (Å²) < 4.78 is 30.8. The van der Waals surface area contributed by atoms with E-state index in [0.29, 0.717) is 48.0 Å². The molecule has 29 heavy (non-hydrogen) atoms. The van der Waals surface area contributed by atoms with Gasteiger partial charge in [-0.3, -0.25) is 4.79 Å². The molecule has 4 rings (SSSR count). The van der Waals surface area contributed by atoms with Crippen molar-refractivity contribution in [3.8, 4) is 0 Å². The van der Waals surface area contributed by atoms with Crippen molar-refractivity contribution in [3.05, 3.63) is 35.4 Å². The zero-order valence-corrected chi connectivity index (χ0v) is 19.2. The third kappa shape index (κ3) is 4.06. The largest absolute Gasteiger partial charge is 0.378 e. The van der Waals surface area contributed by atoms with E-state index >= 15 is 0 Å². The minimum absolute atomic E-state index is 0.0733. The molecule has 2 fully saturated rings. The molecule has 3 aliphatic rings. The van der Waals surface area contributed by atoms with Gasteiger partial charge in [0.1, 0.15) is 3.92 Å². The fourth-order valence-electron chi connectivity index (χ4n) is 4.41. The summed E-state index contributed by atoms with van der Waals surface area (Å²) in [4.78, 5) is 15.2. The Balaban J connectivity index is 1.80. The molecule has 1 aromatic carbocycles. The SMILES string of the molecule is NN(C1=C(C(I)C(=O)N2CCOCC2)CS(=O)(=O)c2ccccc21)C1CCCC1. The van der Waals surface area contributed by atoms with Gasteiger partial charge in [0, 0.05) is 24.7 Å². The standard InChI is InChI=1S/C20H26IN3O4S/c21-18(20(25)23-9-11-28-12-10-23)16-13-29(26,27)17-8-4-3-7-15(17)19(16)24(22)14-5-1-2-6-14/h3-4,7-8,14,18H,1-2,5-6,9-13,22H2. The van der Waals surface area contributed by atoms with Crippen molar-refractivity contribution in [2.45, 2.75) is 40.5 Å². The molecular formula is C20H26IN3O4S. The molecule has 0 spiro atoms. The Hall–Kier alpha value is -1.17. The maximum atomic E-state index is 13.2. The van der Waals surface area contributed by atoms with Gasteiger partial charge in [-0.05, 0) is 24.5 Å². The first kappa shape index (κ1) is 21.1. The molecule has 2 heterocycles. The van der Waals surface area contributed by atoms with E-state index in [0.717, 1.165) is 25.7 Å². The Kier molecular flexibility index (Phi) is 6.19. The number of ether oxygens (including phenoxy) is 1. The zero-order chi connectivity index (χ0) is 20.6. The molecule has 1 unspecified atom stereocenters. The molecule has 0 radical (unpaired) electrons. The molecule has 1 aromatic rings. The molecule has 1 atom stereocenters. The third-order valence-corrected chi connectivity index (χ3v) is 8.95. The Morgan fingerprint density at radius 1 is 1.21 bits per heavy atom. The van der Waals surface area contributed by atoms with E-state index in [1.165, 1.54) is 0 Å². The van der Waals surface area contributed by atoms with E-state index in [4.69, 9.17) is 10.6 Å². The number of fused-ring (bicyclic) bond motifs is 1. The Bertz CT molecular complexity index is 921. The van der Waals surface area contributed by atoms with E-state index in [-0.39, 0.29) is 17.7 Å². The van der Waals surface area contributed by atoms with Gasteiger partial charge in [0.05, 0.1) is 29.6 Å². The molecule has 2 N–H and O–H groups in total. The number of benzene rings is 1. The van der Waals surface area contributed by atoms with Crippen LogP contribution in [0.4, 0.5) is 0 Å². The number of carbonyl (C=O) groups excluding carboxylic acids is 1. The lowest BCUT2D eigenvalue weighted by Crippen LogP contribution is -2.47. The second-order valence-electron chi connectivity index (χ2n) is 7.77. The first-order chi connectivity index (χ1) is 13.9. The van der Waals surface area contributed by atoms with Gasteiger partial charge >= 0.3 is 0 Å². The molecule has 158 valence electrons. The van der Waals surface area contributed by atoms with E-state index in [9.17, 15) is 13.2 Å². The Morgan fingerprint density at radius 3 is 2.55 bits per heavy atom. The minimum Gasteiger partial charge on any atom is -0.378 e. The molecule has 1 saturated heterocycles. The van der Waals surface area contributed by atoms with Gasteiger partial charge in [0.2, 0.25) is 5.91 Å². The lowest BCUT2D eigenvalue weighted by Gasteiger charge is -2.36. The topological polar surface area (TPSA) is 92.9 Å². The molecule has 1 aliphatic carbocycles. The highest BCUT2D eigenvalue weighted by Crippen LogP contribution is 2.40. The van der Waals surface area contributed by atoms with Crippen LogP contribution in [0.3, 0.4) is 0 Å². The van der Waals surface area contributed by atoms with Crippen molar-refractivity contribution in [3.63, 3.8) is 0 Å². The third-order valence-electron chi connectivity index (χ3n) is 5.95. The minimum atomic E-state index is -3.53. The number of sulfone groups is 1. The number of hydrazine groups is 1. The summed E-state index contributed by atoms with van der Waals surface area (Å²) in [5, 5.41) is 1.74. The molecule has 0 aromatic heterocycles. The van der Waals surface area contributed by atoms with Gasteiger partial charge in [0.25, 0.3) is 0 Å². The van der Waals surface area contributed by atoms with Gasteiger partial charge in [-0.25, -0.2) is 14.3 Å². The summed E-state index contributed by atoms with van der Waals surface area (Å²) in [5.41, 5.74) is 1.91. The van der Waals surface area contributed by atoms with Crippen molar-refractivity contribution in [1.29, 1.82) is 0 Å². The van der Waals surface area contributed by atoms with Crippen LogP contribution in [0.2, 0.25) is 0 Å². The fraction of sp³-hybridized carbons (Fsp3) is 0.550. The van der Waals surface area contributed by atoms with Crippen LogP contribution in [-0.2, 0) is 19.4 Å². The van der Waals surface area contributed by atoms with E-state index < -0.39 is 13.8 Å². The van der Waals surface area contributed by atoms with E-state index in [2.05, 4.69) is 22.6 Å². The van der Waals surface area contributed by atoms with E-state index in [1.807, 2.05) is 6.07 Å². The molecule has 7 nitrogen and oxygen atoms in total. The van der Waals surface area contributed by atoms with Gasteiger partial charge in [0.15, 0.2) is 9.84 Å². The number of alkyl halides is 1. The zero-order valence-electron chi connectivity index (χ0n) is 16.2. The van der Waals surface area contributed by atoms with Crippen molar-refractivity contribution in [1.82, 2.24) is 9.91 Å². The van der Waals surface area contributed by atoms with Gasteiger partial charge in [-0.1, -0.05) is 53.6 Å². The van der Waals surface area contributed by atoms with E-state index in [1.54, 1.807) is 28.1 Å². The van der Waals surface area contributed by atoms with Crippen LogP contribution >= 0.6 is 22.6 Å². The maximum absolute atomic E-state index is 13.2. The van der Waals surface area contributed by atoms with Gasteiger partial charge in [-0.15, -0.1) is 0 Å². The predicted octanol–water partition coefficient (Wildman–Crippen LogP) is 1.97. The predicted molar refractivity (Wildman–Crippen MR) is 119 cm³/mol. The van der Waals surface area contributed by atoms with Crippen molar-refractivity contribution in [2.75, 3.05) is 32.1 Å². The van der Waals surface area contributed by atoms with Gasteiger partial charge in [-0.2, -0.15) is 0 Å². The first-order valence-electron chi connectivity index (χ1n) is 10.00. The van der Waals surface area contributed by atoms with Crippen molar-refractivity contribution in [2.24, 2.45) is 5.84 Å². The second kappa shape index (κ2) is 8.52. The average molecular weight is 531 g/mol. The van der Waals surface area contributed by atoms with Crippen LogP contribution in [0.1, 0.15) is 31.2 Å². The number of nitrogens with zero attached hydrogens (tertiary/aromatic N) is 2. The summed E-state index contributed by atoms with van der Waals surface area (Å²) in [6.07, 6.45) is 4.18. The maximum Gasteiger partial charge on any atom is 0.239 e. The van der Waals surface area contributed by atoms with Crippen LogP contribution < -0.4 is 5.84 Å². The van der Waals surface area contributed by atoms with Crippen molar-refractivity contribution < 1.29 is 17.9 Å². The van der Waals surface area contributed by atoms with Crippen LogP contribution in [0.15, 0.2) is 34.7 Å². The highest BCUT2D eigenvalue weighted by atomic mass is 127. The first-order valence-corrected chi connectivity index (χ1v) is 12.9. The number of hydrogen-bond acceptors (Lipinski definition) is 6. The smallest absolute Gasteiger partial charge is 0.239 e. The summed E-state index contributed by atoms with van der Waals surface area (Å²) in [5.74, 6) is 6.35. The van der Waals surface area contributed by atoms with Gasteiger partial charge < -0.3 is 14.6 Å². The highest BCUT2D eigenvalue weighted by molar-refractivity contribution is 14.1. The van der Waals surface area contributed by atoms with Crippen LogP contribution in [0.25, 0.3) is 5.70 Å². The van der Waals surface area contributed by atoms with Crippen LogP contribution in [-0.4, -0.2) is 66.3 Å². The number of halogens is 1. The summed E-state index contributed by atoms with van der Waals surface area (Å²) in [6.45, 7) is 2.07. The number of amides is 1. The number of rotatable bonds is 4. The van der Waals surface area contributed by atoms with Crippen molar-refractivity contribution >= 4 is 44.0 Å². The summed E-state index contributed by atoms with van der Waals surface area (Å²) in [6, 6.07) is 7.16. The second-order valence-corrected chi connectivity index (χ2v) is 11.0. The monoisotopic (exact) mass is 531 g/mol. The Morgan fingerprint density at radius 2 is 1.86 bits per heavy atom. The molecule has 1 saturated carbocycles. The van der Waals surface area contributed by atoms with Crippen LogP contribution in [0, 0.1) is 0 Å². The number of hydrogen-bond donors (Lipinski definition) is 1. The normalized spacial score (nSPS) is 23.0. The highest BCUT2D eigenvalue weighted by Gasteiger charge is 2.39. The number of carbonyl (C=O) groups is 1. The molecule has 1 amide bonds. The molecule has 9 heteroatoms. The Labute approximate surface area is 185 Å². The number of morpholine rings is 1.